The summed E-state index contributed by atoms with van der Waals surface area (Å²) in [6.07, 6.45) is 0. The minimum Gasteiger partial charge on any atom is -0.482 e. The molecule has 102 valence electrons. The molecule has 2 rings (SSSR count). The molecule has 1 aliphatic heterocycles. The highest BCUT2D eigenvalue weighted by Crippen LogP contribution is 2.18. The van der Waals surface area contributed by atoms with E-state index in [1.165, 1.54) is 0 Å². The number of nitrogens with one attached hydrogen (secondary N) is 2. The maximum atomic E-state index is 11.9. The van der Waals surface area contributed by atoms with Gasteiger partial charge in [0.2, 0.25) is 5.91 Å². The summed E-state index contributed by atoms with van der Waals surface area (Å²) in [5, 5.41) is 14.4. The maximum Gasteiger partial charge on any atom is 0.341 e. The summed E-state index contributed by atoms with van der Waals surface area (Å²) in [5.41, 5.74) is 0.589. The quantitative estimate of drug-likeness (QED) is 0.738. The van der Waals surface area contributed by atoms with Gasteiger partial charge in [-0.25, -0.2) is 4.79 Å². The van der Waals surface area contributed by atoms with E-state index in [1.54, 1.807) is 36.0 Å². The summed E-state index contributed by atoms with van der Waals surface area (Å²) in [5.74, 6) is 0.803. The predicted octanol–water partition coefficient (Wildman–Crippen LogP) is 0.751. The molecule has 0 bridgehead atoms. The lowest BCUT2D eigenvalue weighted by molar-refractivity contribution is -0.139. The van der Waals surface area contributed by atoms with Gasteiger partial charge in [-0.1, -0.05) is 6.07 Å². The second-order valence-corrected chi connectivity index (χ2v) is 5.00. The number of aliphatic carboxylic acids is 1. The van der Waals surface area contributed by atoms with E-state index >= 15 is 0 Å². The molecule has 1 aliphatic rings. The number of thioether (sulfide) groups is 1. The minimum atomic E-state index is -1.04. The van der Waals surface area contributed by atoms with Gasteiger partial charge in [0.1, 0.15) is 5.75 Å². The predicted molar refractivity (Wildman–Crippen MR) is 72.5 cm³/mol. The molecule has 1 heterocycles. The number of benzene rings is 1. The van der Waals surface area contributed by atoms with Crippen molar-refractivity contribution in [3.8, 4) is 5.75 Å². The Morgan fingerprint density at radius 1 is 1.53 bits per heavy atom. The van der Waals surface area contributed by atoms with E-state index in [0.29, 0.717) is 11.4 Å². The number of ether oxygens (including phenoxy) is 1. The van der Waals surface area contributed by atoms with E-state index < -0.39 is 12.6 Å². The molecule has 3 N–H and O–H groups in total. The first-order chi connectivity index (χ1) is 9.15. The van der Waals surface area contributed by atoms with Gasteiger partial charge < -0.3 is 15.2 Å². The number of hydrogen-bond acceptors (Lipinski definition) is 5. The highest BCUT2D eigenvalue weighted by Gasteiger charge is 2.22. The Kier molecular flexibility index (Phi) is 4.64. The van der Waals surface area contributed by atoms with Crippen molar-refractivity contribution < 1.29 is 19.4 Å². The number of hydrogen-bond donors (Lipinski definition) is 3. The third-order valence-corrected chi connectivity index (χ3v) is 3.44. The molecule has 1 unspecified atom stereocenters. The van der Waals surface area contributed by atoms with E-state index in [2.05, 4.69) is 10.6 Å². The Balaban J connectivity index is 1.94. The Hall–Kier alpha value is -1.73. The molecule has 1 atom stereocenters. The largest absolute Gasteiger partial charge is 0.482 e. The Morgan fingerprint density at radius 2 is 2.37 bits per heavy atom. The Bertz CT molecular complexity index is 475. The number of carboxylic acids is 1. The van der Waals surface area contributed by atoms with E-state index in [9.17, 15) is 9.59 Å². The van der Waals surface area contributed by atoms with E-state index in [-0.39, 0.29) is 11.9 Å². The fraction of sp³-hybridized carbons (Fsp3) is 0.333. The molecule has 1 aromatic rings. The zero-order valence-corrected chi connectivity index (χ0v) is 10.9. The summed E-state index contributed by atoms with van der Waals surface area (Å²) < 4.78 is 5.04. The molecule has 19 heavy (non-hydrogen) atoms. The van der Waals surface area contributed by atoms with Crippen LogP contribution in [0.5, 0.6) is 5.75 Å². The van der Waals surface area contributed by atoms with Crippen molar-refractivity contribution in [2.24, 2.45) is 0 Å². The first-order valence-corrected chi connectivity index (χ1v) is 6.87. The van der Waals surface area contributed by atoms with Crippen LogP contribution in [0.4, 0.5) is 5.69 Å². The summed E-state index contributed by atoms with van der Waals surface area (Å²) in [6.45, 7) is -0.405. The molecule has 0 radical (unpaired) electrons. The maximum absolute atomic E-state index is 11.9. The summed E-state index contributed by atoms with van der Waals surface area (Å²) >= 11 is 1.67. The van der Waals surface area contributed by atoms with Crippen LogP contribution < -0.4 is 15.4 Å². The van der Waals surface area contributed by atoms with Gasteiger partial charge in [-0.3, -0.25) is 10.1 Å². The van der Waals surface area contributed by atoms with Crippen LogP contribution in [0.15, 0.2) is 24.3 Å². The third-order valence-electron chi connectivity index (χ3n) is 2.50. The van der Waals surface area contributed by atoms with Gasteiger partial charge in [0.05, 0.1) is 6.04 Å². The van der Waals surface area contributed by atoms with Crippen LogP contribution in [-0.4, -0.2) is 41.3 Å². The van der Waals surface area contributed by atoms with Crippen molar-refractivity contribution in [1.82, 2.24) is 5.32 Å². The number of carboxylic acid groups (broad SMARTS) is 1. The highest BCUT2D eigenvalue weighted by molar-refractivity contribution is 7.99. The van der Waals surface area contributed by atoms with Gasteiger partial charge >= 0.3 is 5.97 Å². The number of amides is 1. The Morgan fingerprint density at radius 3 is 3.05 bits per heavy atom. The topological polar surface area (TPSA) is 87.7 Å². The average Bonchev–Trinajstić information content (AvgIpc) is 2.91. The van der Waals surface area contributed by atoms with Crippen LogP contribution in [-0.2, 0) is 9.59 Å². The molecule has 6 nitrogen and oxygen atoms in total. The summed E-state index contributed by atoms with van der Waals surface area (Å²) in [4.78, 5) is 22.3. The molecular formula is C12H14N2O4S. The van der Waals surface area contributed by atoms with Gasteiger partial charge in [0.25, 0.3) is 0 Å². The van der Waals surface area contributed by atoms with Crippen molar-refractivity contribution in [3.05, 3.63) is 24.3 Å². The molecule has 0 aromatic heterocycles. The SMILES string of the molecule is O=C(O)COc1cccc(NC(=O)C2CSCN2)c1. The summed E-state index contributed by atoms with van der Waals surface area (Å²) in [7, 11) is 0. The highest BCUT2D eigenvalue weighted by atomic mass is 32.2. The van der Waals surface area contributed by atoms with Gasteiger partial charge in [-0.05, 0) is 12.1 Å². The molecule has 7 heteroatoms. The van der Waals surface area contributed by atoms with Gasteiger partial charge in [0, 0.05) is 23.4 Å². The molecule has 0 aliphatic carbocycles. The molecule has 1 fully saturated rings. The average molecular weight is 282 g/mol. The van der Waals surface area contributed by atoms with Crippen molar-refractivity contribution in [3.63, 3.8) is 0 Å². The van der Waals surface area contributed by atoms with Gasteiger partial charge in [-0.15, -0.1) is 11.8 Å². The monoisotopic (exact) mass is 282 g/mol. The standard InChI is InChI=1S/C12H14N2O4S/c15-11(16)5-18-9-3-1-2-8(4-9)14-12(17)10-6-19-7-13-10/h1-4,10,13H,5-7H2,(H,14,17)(H,15,16). The van der Waals surface area contributed by atoms with E-state index in [0.717, 1.165) is 11.6 Å². The zero-order valence-electron chi connectivity index (χ0n) is 10.1. The molecule has 0 spiro atoms. The van der Waals surface area contributed by atoms with Crippen molar-refractivity contribution in [2.45, 2.75) is 6.04 Å². The lowest BCUT2D eigenvalue weighted by atomic mass is 10.2. The second-order valence-electron chi connectivity index (χ2n) is 3.97. The van der Waals surface area contributed by atoms with Crippen LogP contribution in [0.2, 0.25) is 0 Å². The molecule has 1 aromatic carbocycles. The van der Waals surface area contributed by atoms with Gasteiger partial charge in [0.15, 0.2) is 6.61 Å². The van der Waals surface area contributed by atoms with Crippen LogP contribution >= 0.6 is 11.8 Å². The number of anilines is 1. The van der Waals surface area contributed by atoms with E-state index in [1.807, 2.05) is 0 Å². The van der Waals surface area contributed by atoms with Crippen molar-refractivity contribution in [2.75, 3.05) is 23.6 Å². The Labute approximate surface area is 114 Å². The van der Waals surface area contributed by atoms with Crippen molar-refractivity contribution >= 4 is 29.3 Å². The number of carbonyl (C=O) groups is 2. The third kappa shape index (κ3) is 4.15. The minimum absolute atomic E-state index is 0.0969. The molecule has 1 saturated heterocycles. The zero-order chi connectivity index (χ0) is 13.7. The smallest absolute Gasteiger partial charge is 0.341 e. The fourth-order valence-corrected chi connectivity index (χ4v) is 2.54. The molecule has 0 saturated carbocycles. The first kappa shape index (κ1) is 13.7. The number of carbonyl (C=O) groups excluding carboxylic acids is 1. The fourth-order valence-electron chi connectivity index (χ4n) is 1.60. The van der Waals surface area contributed by atoms with Gasteiger partial charge in [-0.2, -0.15) is 0 Å². The molecular weight excluding hydrogens is 268 g/mol. The van der Waals surface area contributed by atoms with E-state index in [4.69, 9.17) is 9.84 Å². The van der Waals surface area contributed by atoms with Crippen LogP contribution in [0.25, 0.3) is 0 Å². The first-order valence-electron chi connectivity index (χ1n) is 5.72. The normalized spacial score (nSPS) is 18.0. The summed E-state index contributed by atoms with van der Waals surface area (Å²) in [6, 6.07) is 6.48. The molecule has 1 amide bonds. The second kappa shape index (κ2) is 6.44. The van der Waals surface area contributed by atoms with Crippen LogP contribution in [0.3, 0.4) is 0 Å². The number of rotatable bonds is 5. The van der Waals surface area contributed by atoms with Crippen LogP contribution in [0.1, 0.15) is 0 Å². The lowest BCUT2D eigenvalue weighted by Crippen LogP contribution is -2.37. The van der Waals surface area contributed by atoms with Crippen LogP contribution in [0, 0.1) is 0 Å². The lowest BCUT2D eigenvalue weighted by Gasteiger charge is -2.11. The van der Waals surface area contributed by atoms with Crippen molar-refractivity contribution in [1.29, 1.82) is 0 Å².